The lowest BCUT2D eigenvalue weighted by molar-refractivity contribution is 0.280. The normalized spacial score (nSPS) is 19.1. The van der Waals surface area contributed by atoms with Gasteiger partial charge in [-0.05, 0) is 25.7 Å². The van der Waals surface area contributed by atoms with Crippen molar-refractivity contribution in [1.29, 1.82) is 0 Å². The number of nitrogen functional groups attached to an aromatic ring is 1. The Morgan fingerprint density at radius 1 is 1.31 bits per heavy atom. The molecule has 3 nitrogen and oxygen atoms in total. The van der Waals surface area contributed by atoms with Crippen LogP contribution in [0.2, 0.25) is 0 Å². The van der Waals surface area contributed by atoms with Crippen LogP contribution in [0.5, 0.6) is 0 Å². The van der Waals surface area contributed by atoms with E-state index in [1.165, 1.54) is 31.2 Å². The summed E-state index contributed by atoms with van der Waals surface area (Å²) in [5.41, 5.74) is 7.31. The third-order valence-corrected chi connectivity index (χ3v) is 4.04. The lowest BCUT2D eigenvalue weighted by atomic mass is 9.78. The van der Waals surface area contributed by atoms with Gasteiger partial charge < -0.3 is 10.3 Å². The fraction of sp³-hybridized carbons (Fsp3) is 0.769. The molecule has 2 rings (SSSR count). The van der Waals surface area contributed by atoms with E-state index in [-0.39, 0.29) is 5.41 Å². The van der Waals surface area contributed by atoms with E-state index in [1.54, 1.807) is 0 Å². The number of anilines is 1. The number of rotatable bonds is 4. The molecule has 0 aliphatic heterocycles. The lowest BCUT2D eigenvalue weighted by Gasteiger charge is -2.25. The molecule has 2 N–H and O–H groups in total. The van der Waals surface area contributed by atoms with E-state index >= 15 is 0 Å². The van der Waals surface area contributed by atoms with Crippen molar-refractivity contribution in [1.82, 2.24) is 5.16 Å². The van der Waals surface area contributed by atoms with Crippen LogP contribution in [-0.4, -0.2) is 5.16 Å². The molecular weight excluding hydrogens is 200 g/mol. The zero-order valence-electron chi connectivity index (χ0n) is 10.4. The summed E-state index contributed by atoms with van der Waals surface area (Å²) < 4.78 is 5.55. The summed E-state index contributed by atoms with van der Waals surface area (Å²) in [4.78, 5) is 0. The van der Waals surface area contributed by atoms with Gasteiger partial charge in [0.15, 0.2) is 5.82 Å². The zero-order chi connectivity index (χ0) is 11.6. The minimum atomic E-state index is 0.231. The van der Waals surface area contributed by atoms with Crippen LogP contribution in [0.25, 0.3) is 0 Å². The van der Waals surface area contributed by atoms with Crippen LogP contribution in [0.1, 0.15) is 63.7 Å². The van der Waals surface area contributed by atoms with Crippen LogP contribution < -0.4 is 5.73 Å². The highest BCUT2D eigenvalue weighted by molar-refractivity contribution is 5.43. The highest BCUT2D eigenvalue weighted by atomic mass is 16.5. The summed E-state index contributed by atoms with van der Waals surface area (Å²) in [5.74, 6) is 1.70. The number of nitrogens with zero attached hydrogens (tertiary/aromatic N) is 1. The van der Waals surface area contributed by atoms with Gasteiger partial charge in [0.2, 0.25) is 0 Å². The summed E-state index contributed by atoms with van der Waals surface area (Å²) in [6, 6.07) is 0. The predicted octanol–water partition coefficient (Wildman–Crippen LogP) is 3.43. The Morgan fingerprint density at radius 3 is 2.56 bits per heavy atom. The maximum absolute atomic E-state index is 5.90. The SMILES string of the molecule is CCCc1c(N)noc1C1(CC)CCCC1. The van der Waals surface area contributed by atoms with Crippen LogP contribution in [-0.2, 0) is 11.8 Å². The van der Waals surface area contributed by atoms with Crippen LogP contribution in [0.15, 0.2) is 4.52 Å². The average Bonchev–Trinajstić information content (AvgIpc) is 2.88. The molecule has 1 aliphatic rings. The molecule has 0 bridgehead atoms. The molecule has 1 heterocycles. The van der Waals surface area contributed by atoms with Crippen molar-refractivity contribution in [2.75, 3.05) is 5.73 Å². The molecule has 0 unspecified atom stereocenters. The maximum Gasteiger partial charge on any atom is 0.170 e. The molecule has 1 aromatic rings. The first-order chi connectivity index (χ1) is 7.73. The average molecular weight is 222 g/mol. The van der Waals surface area contributed by atoms with Crippen LogP contribution in [0.3, 0.4) is 0 Å². The van der Waals surface area contributed by atoms with Crippen LogP contribution in [0, 0.1) is 0 Å². The van der Waals surface area contributed by atoms with Crippen molar-refractivity contribution in [3.63, 3.8) is 0 Å². The highest BCUT2D eigenvalue weighted by Crippen LogP contribution is 2.46. The van der Waals surface area contributed by atoms with E-state index < -0.39 is 0 Å². The molecular formula is C13H22N2O. The standard InChI is InChI=1S/C13H22N2O/c1-3-7-10-11(16-15-12(10)14)13(4-2)8-5-6-9-13/h3-9H2,1-2H3,(H2,14,15). The zero-order valence-corrected chi connectivity index (χ0v) is 10.4. The maximum atomic E-state index is 5.90. The Labute approximate surface area is 97.4 Å². The minimum absolute atomic E-state index is 0.231. The Kier molecular flexibility index (Phi) is 3.22. The molecule has 1 aromatic heterocycles. The van der Waals surface area contributed by atoms with Crippen molar-refractivity contribution in [3.05, 3.63) is 11.3 Å². The second kappa shape index (κ2) is 4.48. The third kappa shape index (κ3) is 1.72. The third-order valence-electron chi connectivity index (χ3n) is 4.04. The summed E-state index contributed by atoms with van der Waals surface area (Å²) in [6.07, 6.45) is 8.30. The van der Waals surface area contributed by atoms with Gasteiger partial charge in [-0.1, -0.05) is 38.3 Å². The minimum Gasteiger partial charge on any atom is -0.381 e. The van der Waals surface area contributed by atoms with Gasteiger partial charge in [-0.3, -0.25) is 0 Å². The van der Waals surface area contributed by atoms with Gasteiger partial charge in [-0.25, -0.2) is 0 Å². The Morgan fingerprint density at radius 2 is 2.00 bits per heavy atom. The van der Waals surface area contributed by atoms with Crippen molar-refractivity contribution in [2.45, 2.75) is 64.2 Å². The monoisotopic (exact) mass is 222 g/mol. The first-order valence-electron chi connectivity index (χ1n) is 6.48. The second-order valence-electron chi connectivity index (χ2n) is 4.97. The fourth-order valence-electron chi connectivity index (χ4n) is 3.02. The molecule has 0 radical (unpaired) electrons. The smallest absolute Gasteiger partial charge is 0.170 e. The molecule has 1 saturated carbocycles. The van der Waals surface area contributed by atoms with E-state index in [0.717, 1.165) is 25.0 Å². The van der Waals surface area contributed by atoms with Crippen LogP contribution in [0.4, 0.5) is 5.82 Å². The van der Waals surface area contributed by atoms with Crippen molar-refractivity contribution >= 4 is 5.82 Å². The fourth-order valence-corrected chi connectivity index (χ4v) is 3.02. The van der Waals surface area contributed by atoms with Crippen molar-refractivity contribution < 1.29 is 4.52 Å². The molecule has 1 fully saturated rings. The van der Waals surface area contributed by atoms with E-state index in [9.17, 15) is 0 Å². The predicted molar refractivity (Wildman–Crippen MR) is 65.3 cm³/mol. The Balaban J connectivity index is 2.37. The topological polar surface area (TPSA) is 52.0 Å². The van der Waals surface area contributed by atoms with E-state index in [4.69, 9.17) is 10.3 Å². The molecule has 1 aliphatic carbocycles. The Hall–Kier alpha value is -0.990. The summed E-state index contributed by atoms with van der Waals surface area (Å²) in [6.45, 7) is 4.42. The highest BCUT2D eigenvalue weighted by Gasteiger charge is 2.39. The first-order valence-corrected chi connectivity index (χ1v) is 6.48. The van der Waals surface area contributed by atoms with E-state index in [0.29, 0.717) is 5.82 Å². The summed E-state index contributed by atoms with van der Waals surface area (Å²) >= 11 is 0. The molecule has 0 spiro atoms. The van der Waals surface area contributed by atoms with Crippen molar-refractivity contribution in [2.24, 2.45) is 0 Å². The molecule has 16 heavy (non-hydrogen) atoms. The summed E-state index contributed by atoms with van der Waals surface area (Å²) in [5, 5.41) is 3.98. The van der Waals surface area contributed by atoms with Gasteiger partial charge in [-0.15, -0.1) is 0 Å². The lowest BCUT2D eigenvalue weighted by Crippen LogP contribution is -2.21. The molecule has 90 valence electrons. The molecule has 0 amide bonds. The van der Waals surface area contributed by atoms with E-state index in [2.05, 4.69) is 19.0 Å². The van der Waals surface area contributed by atoms with Gasteiger partial charge in [0.25, 0.3) is 0 Å². The van der Waals surface area contributed by atoms with Gasteiger partial charge in [-0.2, -0.15) is 0 Å². The van der Waals surface area contributed by atoms with Gasteiger partial charge in [0.05, 0.1) is 0 Å². The van der Waals surface area contributed by atoms with E-state index in [1.807, 2.05) is 0 Å². The number of hydrogen-bond acceptors (Lipinski definition) is 3. The molecule has 3 heteroatoms. The number of aromatic nitrogens is 1. The molecule has 0 saturated heterocycles. The molecule has 0 atom stereocenters. The Bertz CT molecular complexity index is 351. The van der Waals surface area contributed by atoms with Crippen LogP contribution >= 0.6 is 0 Å². The summed E-state index contributed by atoms with van der Waals surface area (Å²) in [7, 11) is 0. The first kappa shape index (κ1) is 11.5. The number of hydrogen-bond donors (Lipinski definition) is 1. The van der Waals surface area contributed by atoms with Gasteiger partial charge in [0, 0.05) is 11.0 Å². The second-order valence-corrected chi connectivity index (χ2v) is 4.97. The van der Waals surface area contributed by atoms with Gasteiger partial charge >= 0.3 is 0 Å². The quantitative estimate of drug-likeness (QED) is 0.849. The van der Waals surface area contributed by atoms with Gasteiger partial charge in [0.1, 0.15) is 5.76 Å². The number of nitrogens with two attached hydrogens (primary N) is 1. The molecule has 0 aromatic carbocycles. The van der Waals surface area contributed by atoms with Crippen molar-refractivity contribution in [3.8, 4) is 0 Å². The largest absolute Gasteiger partial charge is 0.381 e.